The maximum absolute atomic E-state index is 13.1. The molecule has 3 N–H and O–H groups in total. The molecule has 0 aromatic heterocycles. The Kier molecular flexibility index (Phi) is 69.0. The Morgan fingerprint density at radius 2 is 0.465 bits per heavy atom. The normalized spacial score (nSPS) is 14.0. The number of phosphoric acid groups is 2. The third-order valence-electron chi connectivity index (χ3n) is 18.6. The number of phosphoric ester groups is 2. The Hall–Kier alpha value is -1.94. The zero-order chi connectivity index (χ0) is 73.0. The fraction of sp³-hybridized carbons (Fsp3) is 0.950. The SMILES string of the molecule is CCCCCCCCCCCCCCCCC(=O)O[C@H](COC(=O)CCCCCCCCCC(C)C)COP(=O)(O)OC[C@H](O)COP(=O)(O)OC[C@@H](COC(=O)CCCCCCCCCCCCCCCCC(C)C)OC(=O)CCCCCCCCCCCCCCCCCC(C)C. The van der Waals surface area contributed by atoms with Gasteiger partial charge in [-0.3, -0.25) is 37.3 Å². The first-order valence-electron chi connectivity index (χ1n) is 41.3. The van der Waals surface area contributed by atoms with Crippen molar-refractivity contribution in [2.75, 3.05) is 39.6 Å². The second kappa shape index (κ2) is 70.4. The summed E-state index contributed by atoms with van der Waals surface area (Å²) in [6.07, 6.45) is 58.3. The summed E-state index contributed by atoms with van der Waals surface area (Å²) < 4.78 is 68.7. The smallest absolute Gasteiger partial charge is 0.462 e. The molecule has 5 atom stereocenters. The molecule has 0 aliphatic rings. The molecule has 0 saturated carbocycles. The zero-order valence-electron chi connectivity index (χ0n) is 65.0. The molecule has 17 nitrogen and oxygen atoms in total. The van der Waals surface area contributed by atoms with Crippen LogP contribution in [0.25, 0.3) is 0 Å². The van der Waals surface area contributed by atoms with Gasteiger partial charge in [-0.2, -0.15) is 0 Å². The van der Waals surface area contributed by atoms with Crippen molar-refractivity contribution < 1.29 is 80.2 Å². The van der Waals surface area contributed by atoms with Crippen molar-refractivity contribution in [3.05, 3.63) is 0 Å². The molecule has 0 bridgehead atoms. The van der Waals surface area contributed by atoms with E-state index < -0.39 is 97.5 Å². The maximum Gasteiger partial charge on any atom is 0.472 e. The van der Waals surface area contributed by atoms with E-state index in [0.29, 0.717) is 31.6 Å². The van der Waals surface area contributed by atoms with Gasteiger partial charge in [0.15, 0.2) is 12.2 Å². The summed E-state index contributed by atoms with van der Waals surface area (Å²) in [5.74, 6) is 0.195. The Morgan fingerprint density at radius 1 is 0.273 bits per heavy atom. The standard InChI is InChI=1S/C80H156O17P2/c1-8-9-10-11-12-13-14-15-23-29-34-41-49-56-63-80(85)97-76(68-91-78(83)62-55-48-43-36-39-46-53-60-73(6)7)70-95-99(88,89)93-66-74(81)65-92-98(86,87)94-69-75(67-90-77(82)61-54-47-40-33-28-24-20-19-22-27-32-38-45-52-59-72(4)5)96-79(84)64-57-50-42-35-30-25-18-16-17-21-26-31-37-44-51-58-71(2)3/h71-76,81H,8-70H2,1-7H3,(H,86,87)(H,88,89)/t74-,75-,76-/m1/s1. The van der Waals surface area contributed by atoms with E-state index >= 15 is 0 Å². The van der Waals surface area contributed by atoms with Crippen LogP contribution < -0.4 is 0 Å². The first-order valence-corrected chi connectivity index (χ1v) is 44.3. The lowest BCUT2D eigenvalue weighted by atomic mass is 10.0. The van der Waals surface area contributed by atoms with Gasteiger partial charge in [-0.05, 0) is 43.4 Å². The van der Waals surface area contributed by atoms with Crippen molar-refractivity contribution >= 4 is 39.5 Å². The first-order chi connectivity index (χ1) is 47.7. The van der Waals surface area contributed by atoms with Gasteiger partial charge in [-0.1, -0.05) is 363 Å². The minimum absolute atomic E-state index is 0.107. The molecule has 0 spiro atoms. The van der Waals surface area contributed by atoms with Crippen LogP contribution in [-0.2, 0) is 65.4 Å². The van der Waals surface area contributed by atoms with E-state index in [9.17, 15) is 43.2 Å². The van der Waals surface area contributed by atoms with E-state index in [-0.39, 0.29) is 25.7 Å². The predicted molar refractivity (Wildman–Crippen MR) is 405 cm³/mol. The molecule has 588 valence electrons. The molecule has 0 aliphatic heterocycles. The molecule has 0 aromatic rings. The molecule has 0 saturated heterocycles. The number of ether oxygens (including phenoxy) is 4. The summed E-state index contributed by atoms with van der Waals surface area (Å²) in [5, 5.41) is 10.6. The molecule has 0 radical (unpaired) electrons. The lowest BCUT2D eigenvalue weighted by Gasteiger charge is -2.21. The minimum atomic E-state index is -4.96. The van der Waals surface area contributed by atoms with Crippen LogP contribution in [0.4, 0.5) is 0 Å². The van der Waals surface area contributed by atoms with E-state index in [0.717, 1.165) is 108 Å². The molecular weight excluding hydrogens is 1290 g/mol. The molecule has 0 fully saturated rings. The Bertz CT molecular complexity index is 1920. The largest absolute Gasteiger partial charge is 0.472 e. The first kappa shape index (κ1) is 97.1. The lowest BCUT2D eigenvalue weighted by Crippen LogP contribution is -2.30. The van der Waals surface area contributed by atoms with Crippen LogP contribution in [0.2, 0.25) is 0 Å². The number of rotatable bonds is 78. The van der Waals surface area contributed by atoms with E-state index in [4.69, 9.17) is 37.0 Å². The fourth-order valence-corrected chi connectivity index (χ4v) is 13.9. The summed E-state index contributed by atoms with van der Waals surface area (Å²) in [6, 6.07) is 0. The number of carbonyl (C=O) groups excluding carboxylic acids is 4. The molecule has 2 unspecified atom stereocenters. The van der Waals surface area contributed by atoms with Gasteiger partial charge in [0.05, 0.1) is 26.4 Å². The average Bonchev–Trinajstić information content (AvgIpc) is 1.04. The fourth-order valence-electron chi connectivity index (χ4n) is 12.3. The van der Waals surface area contributed by atoms with Crippen molar-refractivity contribution in [3.8, 4) is 0 Å². The highest BCUT2D eigenvalue weighted by molar-refractivity contribution is 7.47. The van der Waals surface area contributed by atoms with Gasteiger partial charge < -0.3 is 33.8 Å². The molecule has 0 heterocycles. The highest BCUT2D eigenvalue weighted by Crippen LogP contribution is 2.45. The van der Waals surface area contributed by atoms with E-state index in [1.165, 1.54) is 218 Å². The summed E-state index contributed by atoms with van der Waals surface area (Å²) >= 11 is 0. The molecule has 0 amide bonds. The third-order valence-corrected chi connectivity index (χ3v) is 20.5. The summed E-state index contributed by atoms with van der Waals surface area (Å²) in [4.78, 5) is 73.0. The molecule has 99 heavy (non-hydrogen) atoms. The van der Waals surface area contributed by atoms with Crippen LogP contribution in [0.3, 0.4) is 0 Å². The second-order valence-electron chi connectivity index (χ2n) is 30.2. The van der Waals surface area contributed by atoms with Crippen molar-refractivity contribution in [1.82, 2.24) is 0 Å². The Labute approximate surface area is 607 Å². The van der Waals surface area contributed by atoms with Gasteiger partial charge in [0, 0.05) is 25.7 Å². The molecule has 0 rings (SSSR count). The van der Waals surface area contributed by atoms with Gasteiger partial charge in [-0.15, -0.1) is 0 Å². The van der Waals surface area contributed by atoms with Gasteiger partial charge in [0.1, 0.15) is 19.3 Å². The Morgan fingerprint density at radius 3 is 0.687 bits per heavy atom. The average molecular weight is 1450 g/mol. The quantitative estimate of drug-likeness (QED) is 0.0222. The van der Waals surface area contributed by atoms with Crippen molar-refractivity contribution in [2.24, 2.45) is 17.8 Å². The van der Waals surface area contributed by atoms with Crippen molar-refractivity contribution in [2.45, 2.75) is 433 Å². The van der Waals surface area contributed by atoms with E-state index in [1.54, 1.807) is 0 Å². The van der Waals surface area contributed by atoms with Crippen LogP contribution in [0.1, 0.15) is 414 Å². The zero-order valence-corrected chi connectivity index (χ0v) is 66.8. The topological polar surface area (TPSA) is 237 Å². The van der Waals surface area contributed by atoms with Crippen LogP contribution in [0.5, 0.6) is 0 Å². The summed E-state index contributed by atoms with van der Waals surface area (Å²) in [7, 11) is -9.92. The van der Waals surface area contributed by atoms with Crippen LogP contribution >= 0.6 is 15.6 Å². The number of hydrogen-bond acceptors (Lipinski definition) is 15. The van der Waals surface area contributed by atoms with E-state index in [2.05, 4.69) is 48.5 Å². The van der Waals surface area contributed by atoms with Gasteiger partial charge in [0.2, 0.25) is 0 Å². The maximum atomic E-state index is 13.1. The summed E-state index contributed by atoms with van der Waals surface area (Å²) in [5.41, 5.74) is 0. The van der Waals surface area contributed by atoms with E-state index in [1.807, 2.05) is 0 Å². The molecule has 19 heteroatoms. The van der Waals surface area contributed by atoms with Gasteiger partial charge in [-0.25, -0.2) is 9.13 Å². The monoisotopic (exact) mass is 1450 g/mol. The number of carbonyl (C=O) groups is 4. The van der Waals surface area contributed by atoms with Crippen LogP contribution in [0, 0.1) is 17.8 Å². The van der Waals surface area contributed by atoms with Crippen LogP contribution in [-0.4, -0.2) is 96.7 Å². The lowest BCUT2D eigenvalue weighted by molar-refractivity contribution is -0.161. The molecule has 0 aromatic carbocycles. The third kappa shape index (κ3) is 74.1. The van der Waals surface area contributed by atoms with Crippen molar-refractivity contribution in [3.63, 3.8) is 0 Å². The molecule has 0 aliphatic carbocycles. The van der Waals surface area contributed by atoms with Gasteiger partial charge >= 0.3 is 39.5 Å². The number of aliphatic hydroxyl groups excluding tert-OH is 1. The Balaban J connectivity index is 5.24. The minimum Gasteiger partial charge on any atom is -0.462 e. The number of aliphatic hydroxyl groups is 1. The highest BCUT2D eigenvalue weighted by atomic mass is 31.2. The van der Waals surface area contributed by atoms with Gasteiger partial charge in [0.25, 0.3) is 0 Å². The number of esters is 4. The molecular formula is C80H156O17P2. The predicted octanol–water partition coefficient (Wildman–Crippen LogP) is 23.7. The second-order valence-corrected chi connectivity index (χ2v) is 33.1. The number of hydrogen-bond donors (Lipinski definition) is 3. The highest BCUT2D eigenvalue weighted by Gasteiger charge is 2.30. The number of unbranched alkanes of at least 4 members (excludes halogenated alkanes) is 46. The summed E-state index contributed by atoms with van der Waals surface area (Å²) in [6.45, 7) is 11.9. The van der Waals surface area contributed by atoms with Crippen molar-refractivity contribution in [1.29, 1.82) is 0 Å². The van der Waals surface area contributed by atoms with Crippen LogP contribution in [0.15, 0.2) is 0 Å².